The van der Waals surface area contributed by atoms with E-state index >= 15 is 0 Å². The third kappa shape index (κ3) is 4.01. The zero-order valence-electron chi connectivity index (χ0n) is 16.8. The fourth-order valence-electron chi connectivity index (χ4n) is 3.50. The van der Waals surface area contributed by atoms with Crippen molar-refractivity contribution in [1.82, 2.24) is 0 Å². The molecule has 5 heterocycles. The summed E-state index contributed by atoms with van der Waals surface area (Å²) in [7, 11) is 0. The molecule has 4 nitrogen and oxygen atoms in total. The SMILES string of the molecule is CC(C)(C)C1=CC2=NC1=CC1=NC(=CC3=NC(=CC4=NC(=C2)C=C4)C=C3)C=C1.[Zn]. The fraction of sp³-hybridized carbons (Fsp3) is 0.167. The molecule has 0 aromatic rings. The maximum absolute atomic E-state index is 4.86. The molecular weight excluding hydrogens is 410 g/mol. The normalized spacial score (nSPS) is 21.4. The summed E-state index contributed by atoms with van der Waals surface area (Å²) in [6.07, 6.45) is 22.3. The summed E-state index contributed by atoms with van der Waals surface area (Å²) in [5.74, 6) is 0. The van der Waals surface area contributed by atoms with E-state index in [4.69, 9.17) is 9.98 Å². The van der Waals surface area contributed by atoms with Gasteiger partial charge in [0, 0.05) is 19.5 Å². The van der Waals surface area contributed by atoms with Gasteiger partial charge in [-0.2, -0.15) is 0 Å². The molecule has 0 saturated heterocycles. The van der Waals surface area contributed by atoms with Crippen LogP contribution in [0.25, 0.3) is 0 Å². The molecule has 0 aliphatic carbocycles. The number of nitrogens with zero attached hydrogens (tertiary/aromatic N) is 4. The molecule has 0 saturated carbocycles. The van der Waals surface area contributed by atoms with Gasteiger partial charge in [-0.05, 0) is 77.8 Å². The van der Waals surface area contributed by atoms with Gasteiger partial charge in [0.15, 0.2) is 0 Å². The van der Waals surface area contributed by atoms with Gasteiger partial charge in [0.2, 0.25) is 0 Å². The summed E-state index contributed by atoms with van der Waals surface area (Å²) in [4.78, 5) is 18.9. The van der Waals surface area contributed by atoms with E-state index in [1.165, 1.54) is 5.57 Å². The van der Waals surface area contributed by atoms with E-state index in [1.807, 2.05) is 54.7 Å². The summed E-state index contributed by atoms with van der Waals surface area (Å²) in [5.41, 5.74) is 8.45. The quantitative estimate of drug-likeness (QED) is 0.487. The Labute approximate surface area is 183 Å². The standard InChI is InChI=1S/C24H20N4.Zn/c1-24(2,3)22-13-21-12-19-7-6-17(26-19)10-15-4-5-16(25-15)11-18-8-9-20(27-18)14-23(22)28-21;/h4-14H,1-3H3;. The maximum Gasteiger partial charge on any atom is 0.0696 e. The third-order valence-corrected chi connectivity index (χ3v) is 4.85. The van der Waals surface area contributed by atoms with Gasteiger partial charge < -0.3 is 0 Å². The van der Waals surface area contributed by atoms with Gasteiger partial charge in [0.05, 0.1) is 45.6 Å². The van der Waals surface area contributed by atoms with E-state index in [1.54, 1.807) is 0 Å². The molecule has 5 rings (SSSR count). The first-order chi connectivity index (χ1) is 13.4. The summed E-state index contributed by atoms with van der Waals surface area (Å²) < 4.78 is 0. The summed E-state index contributed by atoms with van der Waals surface area (Å²) >= 11 is 0. The van der Waals surface area contributed by atoms with E-state index < -0.39 is 0 Å². The van der Waals surface area contributed by atoms with Crippen LogP contribution in [0, 0.1) is 5.41 Å². The second kappa shape index (κ2) is 7.24. The van der Waals surface area contributed by atoms with Gasteiger partial charge in [0.1, 0.15) is 0 Å². The molecular formula is C24H20N4Zn. The minimum Gasteiger partial charge on any atom is -0.249 e. The van der Waals surface area contributed by atoms with Crippen LogP contribution in [0.4, 0.5) is 0 Å². The molecule has 5 aliphatic heterocycles. The second-order valence-electron chi connectivity index (χ2n) is 8.19. The van der Waals surface area contributed by atoms with Gasteiger partial charge in [-0.15, -0.1) is 0 Å². The van der Waals surface area contributed by atoms with E-state index in [0.29, 0.717) is 0 Å². The largest absolute Gasteiger partial charge is 0.249 e. The average Bonchev–Trinajstić information content (AvgIpc) is 3.38. The van der Waals surface area contributed by atoms with E-state index in [2.05, 4.69) is 42.9 Å². The molecule has 0 fully saturated rings. The third-order valence-electron chi connectivity index (χ3n) is 4.85. The fourth-order valence-corrected chi connectivity index (χ4v) is 3.50. The average molecular weight is 430 g/mol. The number of hydrogen-bond donors (Lipinski definition) is 0. The number of allylic oxidation sites excluding steroid dienone is 12. The Balaban J connectivity index is 0.00000205. The topological polar surface area (TPSA) is 49.4 Å². The van der Waals surface area contributed by atoms with Crippen LogP contribution in [0.1, 0.15) is 20.8 Å². The second-order valence-corrected chi connectivity index (χ2v) is 8.19. The molecule has 0 spiro atoms. The van der Waals surface area contributed by atoms with Gasteiger partial charge in [-0.1, -0.05) is 20.8 Å². The molecule has 0 amide bonds. The number of hydrogen-bond acceptors (Lipinski definition) is 4. The van der Waals surface area contributed by atoms with E-state index in [9.17, 15) is 0 Å². The van der Waals surface area contributed by atoms with Crippen LogP contribution in [0.2, 0.25) is 0 Å². The number of rotatable bonds is 0. The van der Waals surface area contributed by atoms with Crippen molar-refractivity contribution in [2.75, 3.05) is 0 Å². The monoisotopic (exact) mass is 428 g/mol. The molecule has 138 valence electrons. The minimum atomic E-state index is -0.0108. The van der Waals surface area contributed by atoms with Crippen molar-refractivity contribution in [2.24, 2.45) is 25.4 Å². The van der Waals surface area contributed by atoms with Crippen LogP contribution >= 0.6 is 0 Å². The molecule has 0 radical (unpaired) electrons. The van der Waals surface area contributed by atoms with Crippen molar-refractivity contribution >= 4 is 22.8 Å². The zero-order chi connectivity index (χ0) is 19.3. The van der Waals surface area contributed by atoms with Crippen LogP contribution in [0.5, 0.6) is 0 Å². The van der Waals surface area contributed by atoms with Crippen LogP contribution in [0.15, 0.2) is 115 Å². The van der Waals surface area contributed by atoms with E-state index in [0.717, 1.165) is 45.6 Å². The van der Waals surface area contributed by atoms with Crippen LogP contribution < -0.4 is 0 Å². The van der Waals surface area contributed by atoms with Crippen molar-refractivity contribution in [2.45, 2.75) is 20.8 Å². The predicted octanol–water partition coefficient (Wildman–Crippen LogP) is 4.99. The van der Waals surface area contributed by atoms with Crippen molar-refractivity contribution in [1.29, 1.82) is 0 Å². The van der Waals surface area contributed by atoms with E-state index in [-0.39, 0.29) is 24.9 Å². The Morgan fingerprint density at radius 1 is 0.517 bits per heavy atom. The minimum absolute atomic E-state index is 0. The smallest absolute Gasteiger partial charge is 0.0696 e. The van der Waals surface area contributed by atoms with Gasteiger partial charge in [-0.3, -0.25) is 0 Å². The van der Waals surface area contributed by atoms with Crippen molar-refractivity contribution < 1.29 is 19.5 Å². The molecule has 8 bridgehead atoms. The number of aliphatic imine (C=N–C) groups is 4. The Hall–Kier alpha value is -2.78. The Kier molecular flexibility index (Phi) is 4.88. The Morgan fingerprint density at radius 2 is 0.966 bits per heavy atom. The number of fused-ring (bicyclic) bond motifs is 4. The van der Waals surface area contributed by atoms with Crippen molar-refractivity contribution in [3.05, 3.63) is 95.2 Å². The van der Waals surface area contributed by atoms with Gasteiger partial charge in [0.25, 0.3) is 0 Å². The maximum atomic E-state index is 4.86. The molecule has 0 unspecified atom stereocenters. The van der Waals surface area contributed by atoms with Crippen LogP contribution in [-0.4, -0.2) is 22.8 Å². The summed E-state index contributed by atoms with van der Waals surface area (Å²) in [5, 5.41) is 0. The Bertz CT molecular complexity index is 1160. The molecule has 0 atom stereocenters. The molecule has 5 aliphatic rings. The van der Waals surface area contributed by atoms with Gasteiger partial charge >= 0.3 is 0 Å². The first-order valence-electron chi connectivity index (χ1n) is 9.41. The summed E-state index contributed by atoms with van der Waals surface area (Å²) in [6.45, 7) is 6.62. The molecule has 5 heteroatoms. The molecule has 0 aromatic heterocycles. The first kappa shape index (κ1) is 19.5. The van der Waals surface area contributed by atoms with Gasteiger partial charge in [-0.25, -0.2) is 20.0 Å². The summed E-state index contributed by atoms with van der Waals surface area (Å²) in [6, 6.07) is 0. The molecule has 0 aromatic carbocycles. The van der Waals surface area contributed by atoms with Crippen molar-refractivity contribution in [3.8, 4) is 0 Å². The molecule has 29 heavy (non-hydrogen) atoms. The first-order valence-corrected chi connectivity index (χ1v) is 9.41. The predicted molar refractivity (Wildman–Crippen MR) is 117 cm³/mol. The Morgan fingerprint density at radius 3 is 1.45 bits per heavy atom. The van der Waals surface area contributed by atoms with Crippen LogP contribution in [0.3, 0.4) is 0 Å². The molecule has 0 N–H and O–H groups in total. The van der Waals surface area contributed by atoms with Crippen molar-refractivity contribution in [3.63, 3.8) is 0 Å². The van der Waals surface area contributed by atoms with Crippen LogP contribution in [-0.2, 0) is 19.5 Å². The zero-order valence-corrected chi connectivity index (χ0v) is 19.8.